The molecule has 0 unspecified atom stereocenters. The molecule has 17 heavy (non-hydrogen) atoms. The molecule has 1 N–H and O–H groups in total. The summed E-state index contributed by atoms with van der Waals surface area (Å²) in [5, 5.41) is 3.47. The normalized spacial score (nSPS) is 10.2. The van der Waals surface area contributed by atoms with E-state index in [2.05, 4.69) is 20.3 Å². The van der Waals surface area contributed by atoms with Crippen molar-refractivity contribution >= 4 is 17.4 Å². The molecule has 0 atom stereocenters. The average molecular weight is 249 g/mol. The van der Waals surface area contributed by atoms with Crippen LogP contribution >= 0.6 is 11.6 Å². The Bertz CT molecular complexity index is 467. The summed E-state index contributed by atoms with van der Waals surface area (Å²) in [4.78, 5) is 12.3. The fourth-order valence-corrected chi connectivity index (χ4v) is 1.71. The number of nitrogens with zero attached hydrogens (tertiary/aromatic N) is 3. The Hall–Kier alpha value is -1.68. The molecule has 0 aliphatic heterocycles. The molecule has 0 saturated carbocycles. The van der Waals surface area contributed by atoms with E-state index in [1.54, 1.807) is 6.20 Å². The molecule has 0 amide bonds. The van der Waals surface area contributed by atoms with E-state index < -0.39 is 0 Å². The molecule has 0 fully saturated rings. The van der Waals surface area contributed by atoms with Gasteiger partial charge in [0.15, 0.2) is 0 Å². The SMILES string of the molecule is Cc1cc(NCCc2ccccn2)nc(Cl)n1. The van der Waals surface area contributed by atoms with Crippen LogP contribution in [0.5, 0.6) is 0 Å². The predicted octanol–water partition coefficient (Wildman–Crippen LogP) is 2.49. The Kier molecular flexibility index (Phi) is 3.88. The molecule has 0 bridgehead atoms. The molecule has 5 heteroatoms. The van der Waals surface area contributed by atoms with Crippen LogP contribution < -0.4 is 5.32 Å². The Morgan fingerprint density at radius 2 is 2.18 bits per heavy atom. The Labute approximate surface area is 105 Å². The lowest BCUT2D eigenvalue weighted by Crippen LogP contribution is -2.07. The molecule has 0 aromatic carbocycles. The smallest absolute Gasteiger partial charge is 0.224 e. The highest BCUT2D eigenvalue weighted by atomic mass is 35.5. The maximum Gasteiger partial charge on any atom is 0.224 e. The molecule has 0 aliphatic rings. The van der Waals surface area contributed by atoms with Gasteiger partial charge in [0.05, 0.1) is 0 Å². The third kappa shape index (κ3) is 3.67. The topological polar surface area (TPSA) is 50.7 Å². The highest BCUT2D eigenvalue weighted by Gasteiger charge is 1.99. The number of rotatable bonds is 4. The summed E-state index contributed by atoms with van der Waals surface area (Å²) < 4.78 is 0. The highest BCUT2D eigenvalue weighted by Crippen LogP contribution is 2.09. The minimum Gasteiger partial charge on any atom is -0.370 e. The zero-order valence-electron chi connectivity index (χ0n) is 9.52. The number of nitrogens with one attached hydrogen (secondary N) is 1. The van der Waals surface area contributed by atoms with Crippen molar-refractivity contribution in [3.63, 3.8) is 0 Å². The molecular weight excluding hydrogens is 236 g/mol. The van der Waals surface area contributed by atoms with E-state index in [1.165, 1.54) is 0 Å². The number of hydrogen-bond acceptors (Lipinski definition) is 4. The van der Waals surface area contributed by atoms with Crippen molar-refractivity contribution < 1.29 is 0 Å². The number of aromatic nitrogens is 3. The van der Waals surface area contributed by atoms with E-state index in [1.807, 2.05) is 31.2 Å². The van der Waals surface area contributed by atoms with Gasteiger partial charge in [0.1, 0.15) is 5.82 Å². The van der Waals surface area contributed by atoms with E-state index in [0.717, 1.165) is 30.2 Å². The van der Waals surface area contributed by atoms with Gasteiger partial charge < -0.3 is 5.32 Å². The van der Waals surface area contributed by atoms with Gasteiger partial charge in [-0.25, -0.2) is 9.97 Å². The molecule has 2 aromatic rings. The van der Waals surface area contributed by atoms with Crippen LogP contribution in [0.4, 0.5) is 5.82 Å². The first kappa shape index (κ1) is 11.8. The lowest BCUT2D eigenvalue weighted by atomic mass is 10.3. The van der Waals surface area contributed by atoms with Crippen LogP contribution in [-0.2, 0) is 6.42 Å². The van der Waals surface area contributed by atoms with E-state index in [9.17, 15) is 0 Å². The standard InChI is InChI=1S/C12H13ClN4/c1-9-8-11(17-12(13)16-9)15-7-5-10-4-2-3-6-14-10/h2-4,6,8H,5,7H2,1H3,(H,15,16,17). The number of pyridine rings is 1. The zero-order chi connectivity index (χ0) is 12.1. The summed E-state index contributed by atoms with van der Waals surface area (Å²) in [6.07, 6.45) is 2.64. The van der Waals surface area contributed by atoms with Gasteiger partial charge in [0, 0.05) is 36.6 Å². The summed E-state index contributed by atoms with van der Waals surface area (Å²) in [6.45, 7) is 2.65. The minimum atomic E-state index is 0.269. The molecule has 0 spiro atoms. The summed E-state index contributed by atoms with van der Waals surface area (Å²) in [6, 6.07) is 7.75. The molecule has 88 valence electrons. The molecular formula is C12H13ClN4. The summed E-state index contributed by atoms with van der Waals surface area (Å²) in [7, 11) is 0. The molecule has 2 rings (SSSR count). The van der Waals surface area contributed by atoms with Crippen molar-refractivity contribution in [1.82, 2.24) is 15.0 Å². The van der Waals surface area contributed by atoms with Crippen LogP contribution in [0.15, 0.2) is 30.5 Å². The number of aryl methyl sites for hydroxylation is 1. The number of hydrogen-bond donors (Lipinski definition) is 1. The van der Waals surface area contributed by atoms with Crippen LogP contribution in [0.2, 0.25) is 5.28 Å². The largest absolute Gasteiger partial charge is 0.370 e. The fourth-order valence-electron chi connectivity index (χ4n) is 1.49. The second-order valence-corrected chi connectivity index (χ2v) is 4.00. The van der Waals surface area contributed by atoms with Crippen molar-refractivity contribution in [1.29, 1.82) is 0 Å². The van der Waals surface area contributed by atoms with Gasteiger partial charge in [0.25, 0.3) is 0 Å². The van der Waals surface area contributed by atoms with Crippen LogP contribution in [-0.4, -0.2) is 21.5 Å². The van der Waals surface area contributed by atoms with Crippen LogP contribution in [0.1, 0.15) is 11.4 Å². The number of halogens is 1. The van der Waals surface area contributed by atoms with E-state index in [-0.39, 0.29) is 5.28 Å². The quantitative estimate of drug-likeness (QED) is 0.845. The number of anilines is 1. The van der Waals surface area contributed by atoms with E-state index in [0.29, 0.717) is 0 Å². The van der Waals surface area contributed by atoms with Gasteiger partial charge in [-0.2, -0.15) is 0 Å². The first-order chi connectivity index (χ1) is 8.24. The molecule has 0 radical (unpaired) electrons. The van der Waals surface area contributed by atoms with E-state index in [4.69, 9.17) is 11.6 Å². The summed E-state index contributed by atoms with van der Waals surface area (Å²) >= 11 is 5.77. The third-order valence-corrected chi connectivity index (χ3v) is 2.41. The van der Waals surface area contributed by atoms with Gasteiger partial charge in [-0.3, -0.25) is 4.98 Å². The van der Waals surface area contributed by atoms with Crippen LogP contribution in [0.25, 0.3) is 0 Å². The van der Waals surface area contributed by atoms with Crippen LogP contribution in [0, 0.1) is 6.92 Å². The third-order valence-electron chi connectivity index (χ3n) is 2.24. The average Bonchev–Trinajstić information content (AvgIpc) is 2.29. The molecule has 0 aliphatic carbocycles. The van der Waals surface area contributed by atoms with Crippen molar-refractivity contribution in [2.24, 2.45) is 0 Å². The maximum atomic E-state index is 5.77. The van der Waals surface area contributed by atoms with Gasteiger partial charge in [-0.1, -0.05) is 6.07 Å². The van der Waals surface area contributed by atoms with Crippen molar-refractivity contribution in [3.8, 4) is 0 Å². The Balaban J connectivity index is 1.90. The van der Waals surface area contributed by atoms with Crippen molar-refractivity contribution in [3.05, 3.63) is 47.1 Å². The van der Waals surface area contributed by atoms with Gasteiger partial charge >= 0.3 is 0 Å². The van der Waals surface area contributed by atoms with Crippen LogP contribution in [0.3, 0.4) is 0 Å². The Morgan fingerprint density at radius 3 is 2.88 bits per heavy atom. The minimum absolute atomic E-state index is 0.269. The Morgan fingerprint density at radius 1 is 1.29 bits per heavy atom. The van der Waals surface area contributed by atoms with E-state index >= 15 is 0 Å². The molecule has 4 nitrogen and oxygen atoms in total. The van der Waals surface area contributed by atoms with Gasteiger partial charge in [-0.05, 0) is 30.7 Å². The monoisotopic (exact) mass is 248 g/mol. The fraction of sp³-hybridized carbons (Fsp3) is 0.250. The van der Waals surface area contributed by atoms with Gasteiger partial charge in [-0.15, -0.1) is 0 Å². The van der Waals surface area contributed by atoms with Crippen molar-refractivity contribution in [2.45, 2.75) is 13.3 Å². The lowest BCUT2D eigenvalue weighted by molar-refractivity contribution is 0.948. The first-order valence-electron chi connectivity index (χ1n) is 5.39. The van der Waals surface area contributed by atoms with Crippen molar-refractivity contribution in [2.75, 3.05) is 11.9 Å². The maximum absolute atomic E-state index is 5.77. The zero-order valence-corrected chi connectivity index (χ0v) is 10.3. The second kappa shape index (κ2) is 5.59. The predicted molar refractivity (Wildman–Crippen MR) is 68.2 cm³/mol. The summed E-state index contributed by atoms with van der Waals surface area (Å²) in [5.41, 5.74) is 1.90. The molecule has 2 aromatic heterocycles. The second-order valence-electron chi connectivity index (χ2n) is 3.66. The summed E-state index contributed by atoms with van der Waals surface area (Å²) in [5.74, 6) is 0.749. The lowest BCUT2D eigenvalue weighted by Gasteiger charge is -2.06. The highest BCUT2D eigenvalue weighted by molar-refractivity contribution is 6.28. The van der Waals surface area contributed by atoms with Gasteiger partial charge in [0.2, 0.25) is 5.28 Å². The molecule has 2 heterocycles. The molecule has 0 saturated heterocycles. The first-order valence-corrected chi connectivity index (χ1v) is 5.77.